The van der Waals surface area contributed by atoms with Crippen LogP contribution in [-0.2, 0) is 13.6 Å². The molecule has 0 rings (SSSR count). The molecule has 1 unspecified atom stereocenters. The Hall–Kier alpha value is 0.0700. The van der Waals surface area contributed by atoms with Gasteiger partial charge in [0.1, 0.15) is 0 Å². The summed E-state index contributed by atoms with van der Waals surface area (Å²) in [6.45, 7) is 2.35. The molecule has 0 saturated carbocycles. The van der Waals surface area contributed by atoms with Gasteiger partial charge in [-0.1, -0.05) is 0 Å². The second-order valence-corrected chi connectivity index (χ2v) is 3.29. The first-order valence-electron chi connectivity index (χ1n) is 2.74. The van der Waals surface area contributed by atoms with Gasteiger partial charge in [0.25, 0.3) is 0 Å². The number of aliphatic hydroxyl groups is 1. The fraction of sp³-hybridized carbons (Fsp3) is 1.00. The quantitative estimate of drug-likeness (QED) is 0.474. The van der Waals surface area contributed by atoms with Crippen LogP contribution < -0.4 is 0 Å². The van der Waals surface area contributed by atoms with Crippen molar-refractivity contribution in [1.82, 2.24) is 0 Å². The van der Waals surface area contributed by atoms with E-state index in [4.69, 9.17) is 10.00 Å². The van der Waals surface area contributed by atoms with Crippen LogP contribution in [0.3, 0.4) is 0 Å². The second-order valence-electron chi connectivity index (χ2n) is 1.88. The lowest BCUT2D eigenvalue weighted by molar-refractivity contribution is 0.0426. The summed E-state index contributed by atoms with van der Waals surface area (Å²) in [4.78, 5) is 8.64. The minimum absolute atomic E-state index is 0.401. The van der Waals surface area contributed by atoms with E-state index < -0.39 is 20.7 Å². The SMILES string of the molecule is CC(C)OP(=O)(O)OCO. The van der Waals surface area contributed by atoms with E-state index in [1.807, 2.05) is 0 Å². The number of hydrogen-bond acceptors (Lipinski definition) is 4. The Kier molecular flexibility index (Phi) is 4.08. The summed E-state index contributed by atoms with van der Waals surface area (Å²) < 4.78 is 19.0. The van der Waals surface area contributed by atoms with Crippen LogP contribution in [0.1, 0.15) is 13.8 Å². The molecule has 6 heteroatoms. The minimum Gasteiger partial charge on any atom is -0.370 e. The zero-order chi connectivity index (χ0) is 8.20. The third-order valence-electron chi connectivity index (χ3n) is 0.565. The van der Waals surface area contributed by atoms with Crippen molar-refractivity contribution in [3.8, 4) is 0 Å². The van der Waals surface area contributed by atoms with Gasteiger partial charge in [-0.15, -0.1) is 0 Å². The summed E-state index contributed by atoms with van der Waals surface area (Å²) in [7, 11) is -4.00. The molecule has 0 saturated heterocycles. The highest BCUT2D eigenvalue weighted by atomic mass is 31.2. The number of phosphoric ester groups is 1. The third kappa shape index (κ3) is 4.90. The minimum atomic E-state index is -4.00. The molecular formula is C4H11O5P. The number of aliphatic hydroxyl groups excluding tert-OH is 1. The molecule has 2 N–H and O–H groups in total. The summed E-state index contributed by atoms with van der Waals surface area (Å²) in [5.41, 5.74) is 0. The average molecular weight is 170 g/mol. The number of phosphoric acid groups is 1. The fourth-order valence-corrected chi connectivity index (χ4v) is 1.11. The maximum absolute atomic E-state index is 10.6. The Morgan fingerprint density at radius 2 is 2.10 bits per heavy atom. The molecule has 0 amide bonds. The van der Waals surface area contributed by atoms with Crippen molar-refractivity contribution in [3.05, 3.63) is 0 Å². The van der Waals surface area contributed by atoms with Gasteiger partial charge in [0.05, 0.1) is 6.10 Å². The van der Waals surface area contributed by atoms with Gasteiger partial charge in [0.15, 0.2) is 6.79 Å². The molecule has 0 heterocycles. The van der Waals surface area contributed by atoms with E-state index in [1.54, 1.807) is 13.8 Å². The number of hydrogen-bond donors (Lipinski definition) is 2. The molecule has 0 aromatic carbocycles. The van der Waals surface area contributed by atoms with Crippen LogP contribution >= 0.6 is 7.82 Å². The third-order valence-corrected chi connectivity index (χ3v) is 1.69. The monoisotopic (exact) mass is 170 g/mol. The van der Waals surface area contributed by atoms with E-state index in [0.717, 1.165) is 0 Å². The Balaban J connectivity index is 3.75. The van der Waals surface area contributed by atoms with Crippen molar-refractivity contribution in [1.29, 1.82) is 0 Å². The van der Waals surface area contributed by atoms with Crippen molar-refractivity contribution in [2.75, 3.05) is 6.79 Å². The van der Waals surface area contributed by atoms with E-state index in [2.05, 4.69) is 9.05 Å². The molecule has 62 valence electrons. The second kappa shape index (κ2) is 4.05. The lowest BCUT2D eigenvalue weighted by Gasteiger charge is -2.12. The predicted molar refractivity (Wildman–Crippen MR) is 34.2 cm³/mol. The summed E-state index contributed by atoms with van der Waals surface area (Å²) in [6.07, 6.45) is -0.401. The van der Waals surface area contributed by atoms with E-state index in [0.29, 0.717) is 0 Å². The van der Waals surface area contributed by atoms with Crippen molar-refractivity contribution >= 4 is 7.82 Å². The van der Waals surface area contributed by atoms with Gasteiger partial charge in [-0.25, -0.2) is 4.57 Å². The summed E-state index contributed by atoms with van der Waals surface area (Å²) in [5.74, 6) is 0. The highest BCUT2D eigenvalue weighted by Crippen LogP contribution is 2.43. The lowest BCUT2D eigenvalue weighted by atomic mass is 10.5. The highest BCUT2D eigenvalue weighted by molar-refractivity contribution is 7.47. The maximum atomic E-state index is 10.6. The summed E-state index contributed by atoms with van der Waals surface area (Å²) in [6, 6.07) is 0. The average Bonchev–Trinajstić information content (AvgIpc) is 1.59. The maximum Gasteiger partial charge on any atom is 0.474 e. The molecule has 0 fully saturated rings. The van der Waals surface area contributed by atoms with E-state index in [9.17, 15) is 4.57 Å². The lowest BCUT2D eigenvalue weighted by Crippen LogP contribution is -2.02. The van der Waals surface area contributed by atoms with Crippen molar-refractivity contribution in [2.45, 2.75) is 20.0 Å². The Morgan fingerprint density at radius 1 is 1.60 bits per heavy atom. The van der Waals surface area contributed by atoms with Gasteiger partial charge in [0.2, 0.25) is 0 Å². The first-order valence-corrected chi connectivity index (χ1v) is 4.24. The molecule has 0 spiro atoms. The molecule has 0 aliphatic carbocycles. The Labute approximate surface area is 59.2 Å². The predicted octanol–water partition coefficient (Wildman–Crippen LogP) is 0.478. The van der Waals surface area contributed by atoms with E-state index in [1.165, 1.54) is 0 Å². The van der Waals surface area contributed by atoms with E-state index >= 15 is 0 Å². The zero-order valence-electron chi connectivity index (χ0n) is 5.85. The number of rotatable bonds is 4. The van der Waals surface area contributed by atoms with Crippen LogP contribution in [0.25, 0.3) is 0 Å². The normalized spacial score (nSPS) is 17.3. The van der Waals surface area contributed by atoms with Gasteiger partial charge in [-0.2, -0.15) is 0 Å². The fourth-order valence-electron chi connectivity index (χ4n) is 0.370. The summed E-state index contributed by atoms with van der Waals surface area (Å²) in [5, 5.41) is 8.08. The topological polar surface area (TPSA) is 76.0 Å². The molecule has 10 heavy (non-hydrogen) atoms. The Bertz CT molecular complexity index is 134. The van der Waals surface area contributed by atoms with Gasteiger partial charge < -0.3 is 10.00 Å². The van der Waals surface area contributed by atoms with Crippen LogP contribution in [0.15, 0.2) is 0 Å². The summed E-state index contributed by atoms with van der Waals surface area (Å²) >= 11 is 0. The van der Waals surface area contributed by atoms with Gasteiger partial charge in [-0.3, -0.25) is 9.05 Å². The van der Waals surface area contributed by atoms with Gasteiger partial charge in [0, 0.05) is 0 Å². The van der Waals surface area contributed by atoms with Crippen LogP contribution in [0, 0.1) is 0 Å². The van der Waals surface area contributed by atoms with Crippen molar-refractivity contribution in [2.24, 2.45) is 0 Å². The molecule has 0 aromatic rings. The first kappa shape index (κ1) is 10.1. The van der Waals surface area contributed by atoms with Crippen molar-refractivity contribution < 1.29 is 23.6 Å². The zero-order valence-corrected chi connectivity index (χ0v) is 6.75. The molecule has 0 aliphatic rings. The molecule has 0 bridgehead atoms. The van der Waals surface area contributed by atoms with Crippen LogP contribution in [0.4, 0.5) is 0 Å². The smallest absolute Gasteiger partial charge is 0.370 e. The molecular weight excluding hydrogens is 159 g/mol. The molecule has 5 nitrogen and oxygen atoms in total. The van der Waals surface area contributed by atoms with Gasteiger partial charge in [-0.05, 0) is 13.8 Å². The standard InChI is InChI=1S/C4H11O5P/c1-4(2)9-10(6,7)8-3-5/h4-5H,3H2,1-2H3,(H,6,7). The molecule has 1 atom stereocenters. The van der Waals surface area contributed by atoms with Crippen LogP contribution in [-0.4, -0.2) is 22.9 Å². The Morgan fingerprint density at radius 3 is 2.40 bits per heavy atom. The highest BCUT2D eigenvalue weighted by Gasteiger charge is 2.21. The van der Waals surface area contributed by atoms with Crippen molar-refractivity contribution in [3.63, 3.8) is 0 Å². The van der Waals surface area contributed by atoms with Gasteiger partial charge >= 0.3 is 7.82 Å². The van der Waals surface area contributed by atoms with E-state index in [-0.39, 0.29) is 0 Å². The molecule has 0 radical (unpaired) electrons. The van der Waals surface area contributed by atoms with Crippen LogP contribution in [0.5, 0.6) is 0 Å². The first-order chi connectivity index (χ1) is 4.48. The molecule has 0 aromatic heterocycles. The molecule has 0 aliphatic heterocycles. The van der Waals surface area contributed by atoms with Crippen LogP contribution in [0.2, 0.25) is 0 Å². The largest absolute Gasteiger partial charge is 0.474 e.